The molecular formula is C17H17N3O5S. The fourth-order valence-electron chi connectivity index (χ4n) is 3.36. The van der Waals surface area contributed by atoms with E-state index in [-0.39, 0.29) is 17.5 Å². The summed E-state index contributed by atoms with van der Waals surface area (Å²) >= 11 is 0. The molecule has 0 spiro atoms. The number of carbonyl (C=O) groups excluding carboxylic acids is 1. The van der Waals surface area contributed by atoms with E-state index < -0.39 is 15.8 Å². The third-order valence-corrected chi connectivity index (χ3v) is 6.32. The van der Waals surface area contributed by atoms with E-state index >= 15 is 0 Å². The Morgan fingerprint density at radius 3 is 2.85 bits per heavy atom. The zero-order valence-corrected chi connectivity index (χ0v) is 15.1. The van der Waals surface area contributed by atoms with Gasteiger partial charge in [-0.2, -0.15) is 5.10 Å². The van der Waals surface area contributed by atoms with Gasteiger partial charge in [0.15, 0.2) is 21.2 Å². The zero-order chi connectivity index (χ0) is 18.5. The van der Waals surface area contributed by atoms with Gasteiger partial charge in [0.25, 0.3) is 0 Å². The first-order chi connectivity index (χ1) is 12.4. The van der Waals surface area contributed by atoms with Crippen LogP contribution in [0.5, 0.6) is 0 Å². The molecule has 0 bridgehead atoms. The van der Waals surface area contributed by atoms with E-state index in [2.05, 4.69) is 10.1 Å². The minimum atomic E-state index is -3.09. The number of pyridine rings is 1. The minimum absolute atomic E-state index is 0.0173. The Hall–Kier alpha value is -2.68. The number of aryl methyl sites for hydroxylation is 1. The van der Waals surface area contributed by atoms with Crippen LogP contribution in [0.4, 0.5) is 0 Å². The molecule has 3 aromatic heterocycles. The van der Waals surface area contributed by atoms with Crippen molar-refractivity contribution in [2.75, 3.05) is 18.6 Å². The van der Waals surface area contributed by atoms with Gasteiger partial charge < -0.3 is 9.15 Å². The van der Waals surface area contributed by atoms with Gasteiger partial charge in [-0.25, -0.2) is 22.9 Å². The molecule has 0 unspecified atom stereocenters. The number of methoxy groups -OCH3 is 1. The predicted molar refractivity (Wildman–Crippen MR) is 93.6 cm³/mol. The van der Waals surface area contributed by atoms with Crippen LogP contribution in [0.2, 0.25) is 0 Å². The maximum Gasteiger partial charge on any atom is 0.338 e. The number of rotatable bonds is 3. The fourth-order valence-corrected chi connectivity index (χ4v) is 5.05. The summed E-state index contributed by atoms with van der Waals surface area (Å²) < 4.78 is 35.7. The summed E-state index contributed by atoms with van der Waals surface area (Å²) in [5.74, 6) is 0.136. The largest absolute Gasteiger partial charge is 0.465 e. The molecule has 0 amide bonds. The van der Waals surface area contributed by atoms with Crippen molar-refractivity contribution in [3.05, 3.63) is 35.7 Å². The van der Waals surface area contributed by atoms with Gasteiger partial charge in [0.05, 0.1) is 47.6 Å². The van der Waals surface area contributed by atoms with Gasteiger partial charge >= 0.3 is 5.97 Å². The molecule has 0 saturated carbocycles. The van der Waals surface area contributed by atoms with E-state index in [1.807, 2.05) is 0 Å². The highest BCUT2D eigenvalue weighted by atomic mass is 32.2. The monoisotopic (exact) mass is 375 g/mol. The Kier molecular flexibility index (Phi) is 3.83. The second-order valence-corrected chi connectivity index (χ2v) is 8.54. The standard InChI is InChI=1S/C17H17N3O5S/c1-10-15-12(17(21)24-2)8-13(14-4-3-6-25-14)18-16(15)20(19-10)11-5-7-26(22,23)9-11/h3-4,6,8,11H,5,7,9H2,1-2H3/t11-/m0/s1. The lowest BCUT2D eigenvalue weighted by Crippen LogP contribution is -2.13. The lowest BCUT2D eigenvalue weighted by atomic mass is 10.1. The summed E-state index contributed by atoms with van der Waals surface area (Å²) in [7, 11) is -1.78. The number of aromatic nitrogens is 3. The lowest BCUT2D eigenvalue weighted by molar-refractivity contribution is 0.0603. The average Bonchev–Trinajstić information content (AvgIpc) is 3.33. The Bertz CT molecular complexity index is 1100. The van der Waals surface area contributed by atoms with Gasteiger partial charge in [-0.1, -0.05) is 0 Å². The SMILES string of the molecule is COC(=O)c1cc(-c2ccco2)nc2c1c(C)nn2[C@H]1CCS(=O)(=O)C1. The number of furan rings is 1. The van der Waals surface area contributed by atoms with Gasteiger partial charge in [0.2, 0.25) is 0 Å². The van der Waals surface area contributed by atoms with Crippen LogP contribution in [0.15, 0.2) is 28.9 Å². The Balaban J connectivity index is 1.97. The van der Waals surface area contributed by atoms with Crippen molar-refractivity contribution in [2.24, 2.45) is 0 Å². The Labute approximate surface area is 149 Å². The number of fused-ring (bicyclic) bond motifs is 1. The maximum absolute atomic E-state index is 12.3. The molecule has 9 heteroatoms. The number of carbonyl (C=O) groups is 1. The maximum atomic E-state index is 12.3. The van der Waals surface area contributed by atoms with Crippen molar-refractivity contribution in [3.8, 4) is 11.5 Å². The van der Waals surface area contributed by atoms with Crippen molar-refractivity contribution < 1.29 is 22.4 Å². The van der Waals surface area contributed by atoms with Crippen molar-refractivity contribution in [1.82, 2.24) is 14.8 Å². The third-order valence-electron chi connectivity index (χ3n) is 4.57. The Morgan fingerprint density at radius 1 is 1.42 bits per heavy atom. The van der Waals surface area contributed by atoms with Crippen LogP contribution in [0.25, 0.3) is 22.5 Å². The topological polar surface area (TPSA) is 104 Å². The van der Waals surface area contributed by atoms with Crippen LogP contribution in [-0.4, -0.2) is 47.8 Å². The molecular weight excluding hydrogens is 358 g/mol. The van der Waals surface area contributed by atoms with Crippen LogP contribution in [0.3, 0.4) is 0 Å². The second-order valence-electron chi connectivity index (χ2n) is 6.31. The van der Waals surface area contributed by atoms with E-state index in [0.29, 0.717) is 40.2 Å². The van der Waals surface area contributed by atoms with Crippen molar-refractivity contribution in [3.63, 3.8) is 0 Å². The molecule has 0 N–H and O–H groups in total. The van der Waals surface area contributed by atoms with E-state index in [1.54, 1.807) is 29.8 Å². The van der Waals surface area contributed by atoms with Gasteiger partial charge in [0, 0.05) is 0 Å². The molecule has 8 nitrogen and oxygen atoms in total. The summed E-state index contributed by atoms with van der Waals surface area (Å²) in [6.45, 7) is 1.77. The molecule has 1 atom stereocenters. The van der Waals surface area contributed by atoms with Crippen molar-refractivity contribution >= 4 is 26.8 Å². The van der Waals surface area contributed by atoms with Gasteiger partial charge in [-0.15, -0.1) is 0 Å². The van der Waals surface area contributed by atoms with Gasteiger partial charge in [-0.3, -0.25) is 0 Å². The summed E-state index contributed by atoms with van der Waals surface area (Å²) in [6.07, 6.45) is 1.99. The number of nitrogens with zero attached hydrogens (tertiary/aromatic N) is 3. The van der Waals surface area contributed by atoms with Crippen LogP contribution >= 0.6 is 0 Å². The van der Waals surface area contributed by atoms with E-state index in [9.17, 15) is 13.2 Å². The lowest BCUT2D eigenvalue weighted by Gasteiger charge is -2.10. The van der Waals surface area contributed by atoms with Crippen LogP contribution in [-0.2, 0) is 14.6 Å². The highest BCUT2D eigenvalue weighted by molar-refractivity contribution is 7.91. The molecule has 0 aliphatic carbocycles. The van der Waals surface area contributed by atoms with Crippen LogP contribution in [0, 0.1) is 6.92 Å². The molecule has 136 valence electrons. The molecule has 1 aliphatic heterocycles. The van der Waals surface area contributed by atoms with Crippen LogP contribution in [0.1, 0.15) is 28.5 Å². The number of esters is 1. The van der Waals surface area contributed by atoms with Gasteiger partial charge in [0.1, 0.15) is 5.69 Å². The smallest absolute Gasteiger partial charge is 0.338 e. The predicted octanol–water partition coefficient (Wildman–Crippen LogP) is 2.15. The number of ether oxygens (including phenoxy) is 1. The number of hydrogen-bond donors (Lipinski definition) is 0. The highest BCUT2D eigenvalue weighted by Gasteiger charge is 2.32. The number of hydrogen-bond acceptors (Lipinski definition) is 7. The van der Waals surface area contributed by atoms with Crippen molar-refractivity contribution in [1.29, 1.82) is 0 Å². The molecule has 1 fully saturated rings. The summed E-state index contributed by atoms with van der Waals surface area (Å²) in [6, 6.07) is 4.77. The summed E-state index contributed by atoms with van der Waals surface area (Å²) in [4.78, 5) is 16.9. The van der Waals surface area contributed by atoms with Gasteiger partial charge in [-0.05, 0) is 31.5 Å². The highest BCUT2D eigenvalue weighted by Crippen LogP contribution is 2.32. The molecule has 1 aliphatic rings. The van der Waals surface area contributed by atoms with E-state index in [1.165, 1.54) is 13.4 Å². The molecule has 4 heterocycles. The summed E-state index contributed by atoms with van der Waals surface area (Å²) in [5.41, 5.74) is 1.85. The first-order valence-corrected chi connectivity index (χ1v) is 9.94. The normalized spacial score (nSPS) is 19.1. The van der Waals surface area contributed by atoms with Crippen LogP contribution < -0.4 is 0 Å². The minimum Gasteiger partial charge on any atom is -0.465 e. The third kappa shape index (κ3) is 2.68. The molecule has 1 saturated heterocycles. The molecule has 26 heavy (non-hydrogen) atoms. The molecule has 0 radical (unpaired) electrons. The average molecular weight is 375 g/mol. The first-order valence-electron chi connectivity index (χ1n) is 8.12. The fraction of sp³-hybridized carbons (Fsp3) is 0.353. The first kappa shape index (κ1) is 16.8. The molecule has 4 rings (SSSR count). The quantitative estimate of drug-likeness (QED) is 0.646. The molecule has 3 aromatic rings. The number of sulfone groups is 1. The van der Waals surface area contributed by atoms with E-state index in [4.69, 9.17) is 9.15 Å². The van der Waals surface area contributed by atoms with E-state index in [0.717, 1.165) is 0 Å². The Morgan fingerprint density at radius 2 is 2.23 bits per heavy atom. The summed E-state index contributed by atoms with van der Waals surface area (Å²) in [5, 5.41) is 5.05. The second kappa shape index (κ2) is 5.94. The zero-order valence-electron chi connectivity index (χ0n) is 14.3. The molecule has 0 aromatic carbocycles. The van der Waals surface area contributed by atoms with Crippen molar-refractivity contribution in [2.45, 2.75) is 19.4 Å².